The fraction of sp³-hybridized carbons (Fsp3) is 0.667. The Morgan fingerprint density at radius 2 is 2.30 bits per heavy atom. The summed E-state index contributed by atoms with van der Waals surface area (Å²) < 4.78 is 0. The van der Waals surface area contributed by atoms with Crippen molar-refractivity contribution in [2.75, 3.05) is 6.61 Å². The maximum atomic E-state index is 8.13. The van der Waals surface area contributed by atoms with Crippen LogP contribution in [0.2, 0.25) is 0 Å². The van der Waals surface area contributed by atoms with E-state index in [1.165, 1.54) is 0 Å². The molecule has 0 aromatic rings. The maximum Gasteiger partial charge on any atom is 0.123 e. The lowest BCUT2D eigenvalue weighted by atomic mass is 10.4. The minimum absolute atomic E-state index is 0.225. The molecule has 10 heavy (non-hydrogen) atoms. The van der Waals surface area contributed by atoms with Crippen LogP contribution < -0.4 is 10.6 Å². The van der Waals surface area contributed by atoms with Crippen molar-refractivity contribution in [2.45, 2.75) is 20.0 Å². The number of rotatable bonds is 2. The molecule has 1 atom stereocenters. The van der Waals surface area contributed by atoms with E-state index in [-0.39, 0.29) is 12.8 Å². The first kappa shape index (κ1) is 7.37. The van der Waals surface area contributed by atoms with Crippen LogP contribution in [0.5, 0.6) is 0 Å². The summed E-state index contributed by atoms with van der Waals surface area (Å²) >= 11 is 0. The molecule has 1 aliphatic rings. The molecular weight excluding hydrogens is 132 g/mol. The zero-order chi connectivity index (χ0) is 7.56. The van der Waals surface area contributed by atoms with E-state index in [0.717, 1.165) is 11.4 Å². The van der Waals surface area contributed by atoms with Crippen molar-refractivity contribution in [3.8, 4) is 0 Å². The Balaban J connectivity index is 2.49. The SMILES string of the molecule is CC1=C(COO)NC(C)N1. The van der Waals surface area contributed by atoms with Crippen LogP contribution in [0.1, 0.15) is 13.8 Å². The Kier molecular flexibility index (Phi) is 2.13. The predicted octanol–water partition coefficient (Wildman–Crippen LogP) is 0.246. The predicted molar refractivity (Wildman–Crippen MR) is 37.0 cm³/mol. The van der Waals surface area contributed by atoms with E-state index in [2.05, 4.69) is 15.5 Å². The number of allylic oxidation sites excluding steroid dienone is 1. The van der Waals surface area contributed by atoms with E-state index in [1.807, 2.05) is 13.8 Å². The van der Waals surface area contributed by atoms with Gasteiger partial charge in [-0.25, -0.2) is 4.89 Å². The van der Waals surface area contributed by atoms with Gasteiger partial charge in [0, 0.05) is 5.70 Å². The molecule has 1 heterocycles. The first-order chi connectivity index (χ1) is 4.74. The van der Waals surface area contributed by atoms with E-state index in [0.29, 0.717) is 0 Å². The Bertz CT molecular complexity index is 156. The van der Waals surface area contributed by atoms with Gasteiger partial charge in [-0.3, -0.25) is 5.26 Å². The molecule has 0 spiro atoms. The summed E-state index contributed by atoms with van der Waals surface area (Å²) in [5.41, 5.74) is 1.94. The molecule has 3 N–H and O–H groups in total. The van der Waals surface area contributed by atoms with Crippen molar-refractivity contribution < 1.29 is 10.1 Å². The van der Waals surface area contributed by atoms with Crippen LogP contribution in [-0.4, -0.2) is 18.0 Å². The van der Waals surface area contributed by atoms with Gasteiger partial charge in [0.05, 0.1) is 11.9 Å². The third-order valence-corrected chi connectivity index (χ3v) is 1.49. The molecule has 0 bridgehead atoms. The lowest BCUT2D eigenvalue weighted by Crippen LogP contribution is -2.29. The van der Waals surface area contributed by atoms with E-state index in [4.69, 9.17) is 5.26 Å². The summed E-state index contributed by atoms with van der Waals surface area (Å²) in [5, 5.41) is 14.3. The minimum Gasteiger partial charge on any atom is -0.368 e. The second-order valence-electron chi connectivity index (χ2n) is 2.39. The molecule has 4 nitrogen and oxygen atoms in total. The summed E-state index contributed by atoms with van der Waals surface area (Å²) in [4.78, 5) is 3.98. The van der Waals surface area contributed by atoms with E-state index in [9.17, 15) is 0 Å². The average molecular weight is 144 g/mol. The second kappa shape index (κ2) is 2.90. The molecule has 1 aliphatic heterocycles. The van der Waals surface area contributed by atoms with Crippen molar-refractivity contribution in [1.29, 1.82) is 0 Å². The van der Waals surface area contributed by atoms with Crippen LogP contribution in [0.15, 0.2) is 11.4 Å². The van der Waals surface area contributed by atoms with Gasteiger partial charge in [0.1, 0.15) is 6.61 Å². The van der Waals surface area contributed by atoms with Gasteiger partial charge in [-0.05, 0) is 13.8 Å². The van der Waals surface area contributed by atoms with Crippen LogP contribution in [0.3, 0.4) is 0 Å². The first-order valence-corrected chi connectivity index (χ1v) is 3.23. The molecular formula is C6H12N2O2. The van der Waals surface area contributed by atoms with Crippen molar-refractivity contribution in [2.24, 2.45) is 0 Å². The first-order valence-electron chi connectivity index (χ1n) is 3.23. The molecule has 4 heteroatoms. The van der Waals surface area contributed by atoms with Gasteiger partial charge >= 0.3 is 0 Å². The van der Waals surface area contributed by atoms with Gasteiger partial charge in [0.15, 0.2) is 0 Å². The lowest BCUT2D eigenvalue weighted by molar-refractivity contribution is -0.234. The second-order valence-corrected chi connectivity index (χ2v) is 2.39. The highest BCUT2D eigenvalue weighted by molar-refractivity contribution is 5.15. The third-order valence-electron chi connectivity index (χ3n) is 1.49. The fourth-order valence-electron chi connectivity index (χ4n) is 1.03. The highest BCUT2D eigenvalue weighted by Crippen LogP contribution is 2.06. The van der Waals surface area contributed by atoms with Gasteiger partial charge in [-0.2, -0.15) is 0 Å². The summed E-state index contributed by atoms with van der Waals surface area (Å²) in [6.45, 7) is 4.15. The number of nitrogens with one attached hydrogen (secondary N) is 2. The van der Waals surface area contributed by atoms with Crippen LogP contribution in [-0.2, 0) is 4.89 Å². The smallest absolute Gasteiger partial charge is 0.123 e. The van der Waals surface area contributed by atoms with Gasteiger partial charge < -0.3 is 10.6 Å². The average Bonchev–Trinajstić information content (AvgIpc) is 2.13. The van der Waals surface area contributed by atoms with E-state index < -0.39 is 0 Å². The molecule has 0 saturated carbocycles. The highest BCUT2D eigenvalue weighted by Gasteiger charge is 2.14. The number of hydrogen-bond acceptors (Lipinski definition) is 4. The molecule has 0 aromatic heterocycles. The lowest BCUT2D eigenvalue weighted by Gasteiger charge is -2.05. The highest BCUT2D eigenvalue weighted by atomic mass is 17.1. The Morgan fingerprint density at radius 1 is 1.60 bits per heavy atom. The van der Waals surface area contributed by atoms with Gasteiger partial charge in [-0.1, -0.05) is 0 Å². The standard InChI is InChI=1S/C6H12N2O2/c1-4-6(3-10-9)8-5(2)7-4/h5,7-9H,3H2,1-2H3. The van der Waals surface area contributed by atoms with Crippen molar-refractivity contribution >= 4 is 0 Å². The Hall–Kier alpha value is -0.740. The summed E-state index contributed by atoms with van der Waals surface area (Å²) in [6, 6.07) is 0. The molecule has 1 rings (SSSR count). The largest absolute Gasteiger partial charge is 0.368 e. The van der Waals surface area contributed by atoms with Crippen molar-refractivity contribution in [3.63, 3.8) is 0 Å². The zero-order valence-electron chi connectivity index (χ0n) is 6.14. The van der Waals surface area contributed by atoms with Gasteiger partial charge in [0.25, 0.3) is 0 Å². The van der Waals surface area contributed by atoms with Crippen LogP contribution in [0.25, 0.3) is 0 Å². The zero-order valence-corrected chi connectivity index (χ0v) is 6.14. The molecule has 0 aliphatic carbocycles. The fourth-order valence-corrected chi connectivity index (χ4v) is 1.03. The topological polar surface area (TPSA) is 53.5 Å². The molecule has 0 amide bonds. The third kappa shape index (κ3) is 1.40. The molecule has 1 unspecified atom stereocenters. The van der Waals surface area contributed by atoms with Crippen molar-refractivity contribution in [1.82, 2.24) is 10.6 Å². The summed E-state index contributed by atoms with van der Waals surface area (Å²) in [6.07, 6.45) is 0.241. The number of hydrogen-bond donors (Lipinski definition) is 3. The summed E-state index contributed by atoms with van der Waals surface area (Å²) in [7, 11) is 0. The van der Waals surface area contributed by atoms with Crippen LogP contribution in [0, 0.1) is 0 Å². The molecule has 0 saturated heterocycles. The molecule has 0 fully saturated rings. The van der Waals surface area contributed by atoms with Crippen LogP contribution >= 0.6 is 0 Å². The minimum atomic E-state index is 0.225. The van der Waals surface area contributed by atoms with Gasteiger partial charge in [-0.15, -0.1) is 0 Å². The molecule has 0 aromatic carbocycles. The van der Waals surface area contributed by atoms with Crippen molar-refractivity contribution in [3.05, 3.63) is 11.4 Å². The van der Waals surface area contributed by atoms with E-state index >= 15 is 0 Å². The molecule has 0 radical (unpaired) electrons. The summed E-state index contributed by atoms with van der Waals surface area (Å²) in [5.74, 6) is 0. The molecule has 58 valence electrons. The Labute approximate surface area is 59.8 Å². The quantitative estimate of drug-likeness (QED) is 0.384. The normalized spacial score (nSPS) is 24.5. The van der Waals surface area contributed by atoms with Crippen LogP contribution in [0.4, 0.5) is 0 Å². The van der Waals surface area contributed by atoms with E-state index in [1.54, 1.807) is 0 Å². The maximum absolute atomic E-state index is 8.13. The Morgan fingerprint density at radius 3 is 2.70 bits per heavy atom. The monoisotopic (exact) mass is 144 g/mol. The van der Waals surface area contributed by atoms with Gasteiger partial charge in [0.2, 0.25) is 0 Å².